The Balaban J connectivity index is 1.54. The number of hydrogen-bond acceptors (Lipinski definition) is 6. The summed E-state index contributed by atoms with van der Waals surface area (Å²) in [4.78, 5) is 41.4. The van der Waals surface area contributed by atoms with Gasteiger partial charge in [0.2, 0.25) is 21.8 Å². The van der Waals surface area contributed by atoms with Crippen LogP contribution in [0.3, 0.4) is 0 Å². The lowest BCUT2D eigenvalue weighted by molar-refractivity contribution is -0.140. The third kappa shape index (κ3) is 9.01. The Morgan fingerprint density at radius 2 is 1.66 bits per heavy atom. The predicted molar refractivity (Wildman–Crippen MR) is 166 cm³/mol. The molecule has 1 fully saturated rings. The minimum Gasteiger partial charge on any atom is -0.481 e. The molecule has 6 N–H and O–H groups in total. The zero-order chi connectivity index (χ0) is 31.7. The molecule has 234 valence electrons. The Labute approximate surface area is 256 Å². The van der Waals surface area contributed by atoms with Crippen molar-refractivity contribution in [3.63, 3.8) is 0 Å². The van der Waals surface area contributed by atoms with Crippen LogP contribution < -0.4 is 15.8 Å². The topological polar surface area (TPSA) is 186 Å². The summed E-state index contributed by atoms with van der Waals surface area (Å²) in [6.07, 6.45) is 0.609. The van der Waals surface area contributed by atoms with Gasteiger partial charge in [-0.15, -0.1) is 0 Å². The SMILES string of the molecule is N=C(N)N1CCC(CNC(=O)CC(NS(=O)(=O)c2ccc3ccccc3c2)C(=O)N(CCC(=O)O)Cc2ccccc2)CC1. The van der Waals surface area contributed by atoms with Gasteiger partial charge in [0.1, 0.15) is 6.04 Å². The Morgan fingerprint density at radius 1 is 1.00 bits per heavy atom. The molecule has 0 saturated carbocycles. The summed E-state index contributed by atoms with van der Waals surface area (Å²) >= 11 is 0. The van der Waals surface area contributed by atoms with E-state index in [4.69, 9.17) is 11.1 Å². The number of nitrogens with two attached hydrogens (primary N) is 1. The smallest absolute Gasteiger partial charge is 0.305 e. The second-order valence-electron chi connectivity index (χ2n) is 10.9. The van der Waals surface area contributed by atoms with Crippen LogP contribution in [0.25, 0.3) is 10.8 Å². The van der Waals surface area contributed by atoms with Crippen molar-refractivity contribution in [1.29, 1.82) is 5.41 Å². The lowest BCUT2D eigenvalue weighted by Crippen LogP contribution is -2.51. The molecular formula is C31H38N6O6S. The molecule has 12 nitrogen and oxygen atoms in total. The molecule has 0 radical (unpaired) electrons. The normalized spacial score (nSPS) is 14.6. The van der Waals surface area contributed by atoms with E-state index in [9.17, 15) is 27.9 Å². The molecule has 4 rings (SSSR count). The Kier molecular flexibility index (Phi) is 10.9. The average Bonchev–Trinajstić information content (AvgIpc) is 3.01. The quantitative estimate of drug-likeness (QED) is 0.142. The minimum absolute atomic E-state index is 0.00971. The molecule has 1 aliphatic heterocycles. The fourth-order valence-corrected chi connectivity index (χ4v) is 6.41. The second-order valence-corrected chi connectivity index (χ2v) is 12.6. The van der Waals surface area contributed by atoms with Crippen molar-refractivity contribution < 1.29 is 27.9 Å². The van der Waals surface area contributed by atoms with Gasteiger partial charge in [-0.1, -0.05) is 60.7 Å². The summed E-state index contributed by atoms with van der Waals surface area (Å²) in [6.45, 7) is 1.39. The van der Waals surface area contributed by atoms with E-state index in [2.05, 4.69) is 10.0 Å². The number of sulfonamides is 1. The van der Waals surface area contributed by atoms with E-state index in [0.29, 0.717) is 25.0 Å². The van der Waals surface area contributed by atoms with Crippen molar-refractivity contribution in [2.45, 2.75) is 43.2 Å². The van der Waals surface area contributed by atoms with Crippen LogP contribution in [-0.4, -0.2) is 79.3 Å². The number of rotatable bonds is 13. The molecule has 1 unspecified atom stereocenters. The molecule has 1 aliphatic rings. The van der Waals surface area contributed by atoms with Crippen molar-refractivity contribution in [1.82, 2.24) is 19.8 Å². The molecule has 0 aromatic heterocycles. The predicted octanol–water partition coefficient (Wildman–Crippen LogP) is 2.10. The highest BCUT2D eigenvalue weighted by molar-refractivity contribution is 7.89. The van der Waals surface area contributed by atoms with E-state index in [1.165, 1.54) is 17.0 Å². The number of likely N-dealkylation sites (tertiary alicyclic amines) is 1. The van der Waals surface area contributed by atoms with Crippen molar-refractivity contribution >= 4 is 44.5 Å². The van der Waals surface area contributed by atoms with Crippen LogP contribution >= 0.6 is 0 Å². The van der Waals surface area contributed by atoms with Gasteiger partial charge in [-0.2, -0.15) is 4.72 Å². The Bertz CT molecular complexity index is 1590. The van der Waals surface area contributed by atoms with Gasteiger partial charge in [-0.3, -0.25) is 19.8 Å². The van der Waals surface area contributed by atoms with Gasteiger partial charge in [0.05, 0.1) is 17.7 Å². The third-order valence-electron chi connectivity index (χ3n) is 7.68. The molecule has 0 aliphatic carbocycles. The zero-order valence-electron chi connectivity index (χ0n) is 24.3. The molecule has 2 amide bonds. The summed E-state index contributed by atoms with van der Waals surface area (Å²) in [7, 11) is -4.26. The van der Waals surface area contributed by atoms with Gasteiger partial charge in [0.15, 0.2) is 5.96 Å². The average molecular weight is 623 g/mol. The maximum atomic E-state index is 13.9. The summed E-state index contributed by atoms with van der Waals surface area (Å²) in [6, 6.07) is 19.3. The van der Waals surface area contributed by atoms with E-state index >= 15 is 0 Å². The number of hydrogen-bond donors (Lipinski definition) is 5. The molecule has 3 aromatic carbocycles. The number of nitrogens with one attached hydrogen (secondary N) is 3. The van der Waals surface area contributed by atoms with Gasteiger partial charge in [-0.05, 0) is 47.2 Å². The zero-order valence-corrected chi connectivity index (χ0v) is 25.1. The van der Waals surface area contributed by atoms with E-state index in [-0.39, 0.29) is 36.3 Å². The first-order valence-electron chi connectivity index (χ1n) is 14.4. The minimum atomic E-state index is -4.26. The van der Waals surface area contributed by atoms with Crippen molar-refractivity contribution in [3.05, 3.63) is 78.4 Å². The number of amides is 2. The van der Waals surface area contributed by atoms with Crippen LogP contribution in [0.1, 0.15) is 31.2 Å². The highest BCUT2D eigenvalue weighted by Gasteiger charge is 2.32. The van der Waals surface area contributed by atoms with Crippen LogP contribution in [0.5, 0.6) is 0 Å². The van der Waals surface area contributed by atoms with Gasteiger partial charge >= 0.3 is 5.97 Å². The van der Waals surface area contributed by atoms with Crippen molar-refractivity contribution in [2.75, 3.05) is 26.2 Å². The van der Waals surface area contributed by atoms with Crippen LogP contribution in [0.2, 0.25) is 0 Å². The van der Waals surface area contributed by atoms with Gasteiger partial charge < -0.3 is 26.0 Å². The molecule has 0 bridgehead atoms. The van der Waals surface area contributed by atoms with E-state index in [0.717, 1.165) is 23.8 Å². The molecule has 44 heavy (non-hydrogen) atoms. The third-order valence-corrected chi connectivity index (χ3v) is 9.15. The number of carbonyl (C=O) groups is 3. The summed E-state index contributed by atoms with van der Waals surface area (Å²) < 4.78 is 29.6. The molecule has 0 spiro atoms. The number of carboxylic acid groups (broad SMARTS) is 1. The van der Waals surface area contributed by atoms with E-state index < -0.39 is 40.3 Å². The lowest BCUT2D eigenvalue weighted by Gasteiger charge is -2.32. The number of guanidine groups is 1. The monoisotopic (exact) mass is 622 g/mol. The first-order chi connectivity index (χ1) is 21.0. The largest absolute Gasteiger partial charge is 0.481 e. The number of carbonyl (C=O) groups excluding carboxylic acids is 2. The first kappa shape index (κ1) is 32.4. The maximum absolute atomic E-state index is 13.9. The van der Waals surface area contributed by atoms with Crippen LogP contribution in [0.15, 0.2) is 77.7 Å². The van der Waals surface area contributed by atoms with Crippen LogP contribution in [-0.2, 0) is 31.0 Å². The standard InChI is InChI=1S/C31H38N6O6S/c32-31(33)36-15-12-22(13-16-36)20-34-28(38)19-27(30(41)37(17-14-29(39)40)21-23-6-2-1-3-7-23)35-44(42,43)26-11-10-24-8-4-5-9-25(24)18-26/h1-11,18,22,27,35H,12-17,19-21H2,(H3,32,33)(H,34,38)(H,39,40). The Morgan fingerprint density at radius 3 is 2.32 bits per heavy atom. The summed E-state index contributed by atoms with van der Waals surface area (Å²) in [5.41, 5.74) is 6.29. The first-order valence-corrected chi connectivity index (χ1v) is 15.9. The molecular weight excluding hydrogens is 584 g/mol. The fraction of sp³-hybridized carbons (Fsp3) is 0.355. The molecule has 1 heterocycles. The number of aliphatic carboxylic acids is 1. The lowest BCUT2D eigenvalue weighted by atomic mass is 9.97. The van der Waals surface area contributed by atoms with Gasteiger partial charge in [0.25, 0.3) is 0 Å². The van der Waals surface area contributed by atoms with Crippen LogP contribution in [0, 0.1) is 11.3 Å². The van der Waals surface area contributed by atoms with Crippen molar-refractivity contribution in [2.24, 2.45) is 11.7 Å². The van der Waals surface area contributed by atoms with E-state index in [1.807, 2.05) is 18.2 Å². The summed E-state index contributed by atoms with van der Waals surface area (Å²) in [5.74, 6) is -2.18. The molecule has 1 atom stereocenters. The second kappa shape index (κ2) is 14.8. The fourth-order valence-electron chi connectivity index (χ4n) is 5.18. The maximum Gasteiger partial charge on any atom is 0.305 e. The Hall–Kier alpha value is -4.49. The van der Waals surface area contributed by atoms with Gasteiger partial charge in [-0.25, -0.2) is 8.42 Å². The number of benzene rings is 3. The number of piperidine rings is 1. The molecule has 13 heteroatoms. The molecule has 3 aromatic rings. The van der Waals surface area contributed by atoms with Crippen LogP contribution in [0.4, 0.5) is 0 Å². The number of fused-ring (bicyclic) bond motifs is 1. The highest BCUT2D eigenvalue weighted by atomic mass is 32.2. The van der Waals surface area contributed by atoms with Crippen molar-refractivity contribution in [3.8, 4) is 0 Å². The summed E-state index contributed by atoms with van der Waals surface area (Å²) in [5, 5.41) is 21.3. The number of nitrogens with zero attached hydrogens (tertiary/aromatic N) is 2. The highest BCUT2D eigenvalue weighted by Crippen LogP contribution is 2.20. The van der Waals surface area contributed by atoms with E-state index in [1.54, 1.807) is 47.4 Å². The molecule has 1 saturated heterocycles. The number of carboxylic acids is 1. The van der Waals surface area contributed by atoms with Gasteiger partial charge in [0, 0.05) is 32.7 Å².